The molecule has 0 saturated carbocycles. The number of nitrogen functional groups attached to an aromatic ring is 1. The molecule has 1 heterocycles. The largest absolute Gasteiger partial charge is 0.425 e. The Bertz CT molecular complexity index is 1140. The number of nitrogens with zero attached hydrogens (tertiary/aromatic N) is 2. The van der Waals surface area contributed by atoms with Crippen molar-refractivity contribution in [2.75, 3.05) is 5.73 Å². The van der Waals surface area contributed by atoms with Crippen LogP contribution in [0.25, 0.3) is 16.6 Å². The summed E-state index contributed by atoms with van der Waals surface area (Å²) in [7, 11) is 0. The highest BCUT2D eigenvalue weighted by molar-refractivity contribution is 5.81. The van der Waals surface area contributed by atoms with Gasteiger partial charge in [-0.05, 0) is 47.5 Å². The monoisotopic (exact) mass is 383 g/mol. The van der Waals surface area contributed by atoms with Crippen molar-refractivity contribution >= 4 is 16.6 Å². The summed E-state index contributed by atoms with van der Waals surface area (Å²) in [6.07, 6.45) is -3.47. The predicted molar refractivity (Wildman–Crippen MR) is 101 cm³/mol. The zero-order chi connectivity index (χ0) is 19.9. The summed E-state index contributed by atoms with van der Waals surface area (Å²) < 4.78 is 43.5. The van der Waals surface area contributed by atoms with Crippen molar-refractivity contribution in [1.29, 1.82) is 0 Å². The van der Waals surface area contributed by atoms with E-state index in [2.05, 4.69) is 5.10 Å². The Kier molecular flexibility index (Phi) is 4.12. The van der Waals surface area contributed by atoms with E-state index in [1.165, 1.54) is 42.6 Å². The summed E-state index contributed by atoms with van der Waals surface area (Å²) in [5.74, 6) is 0. The third-order valence-electron chi connectivity index (χ3n) is 4.70. The highest BCUT2D eigenvalue weighted by Gasteiger charge is 2.56. The Morgan fingerprint density at radius 3 is 2.25 bits per heavy atom. The molecule has 7 heteroatoms. The zero-order valence-corrected chi connectivity index (χ0v) is 14.6. The van der Waals surface area contributed by atoms with Crippen molar-refractivity contribution in [2.24, 2.45) is 0 Å². The van der Waals surface area contributed by atoms with Crippen LogP contribution in [-0.4, -0.2) is 21.1 Å². The van der Waals surface area contributed by atoms with Crippen LogP contribution in [0.15, 0.2) is 79.0 Å². The number of hydrogen-bond acceptors (Lipinski definition) is 3. The normalized spacial score (nSPS) is 14.1. The molecule has 1 atom stereocenters. The summed E-state index contributed by atoms with van der Waals surface area (Å²) in [6.45, 7) is 0. The molecule has 0 spiro atoms. The van der Waals surface area contributed by atoms with E-state index in [0.29, 0.717) is 10.9 Å². The molecule has 4 aromatic rings. The third-order valence-corrected chi connectivity index (χ3v) is 4.70. The van der Waals surface area contributed by atoms with E-state index in [1.807, 2.05) is 30.3 Å². The van der Waals surface area contributed by atoms with E-state index in [4.69, 9.17) is 5.73 Å². The van der Waals surface area contributed by atoms with Gasteiger partial charge in [0.25, 0.3) is 0 Å². The third kappa shape index (κ3) is 2.80. The highest BCUT2D eigenvalue weighted by atomic mass is 19.4. The van der Waals surface area contributed by atoms with Crippen LogP contribution in [0.2, 0.25) is 0 Å². The van der Waals surface area contributed by atoms with Crippen LogP contribution in [0.4, 0.5) is 18.9 Å². The topological polar surface area (TPSA) is 64.1 Å². The van der Waals surface area contributed by atoms with Crippen LogP contribution in [0.5, 0.6) is 0 Å². The Morgan fingerprint density at radius 2 is 1.57 bits per heavy atom. The molecule has 4 nitrogen and oxygen atoms in total. The van der Waals surface area contributed by atoms with Gasteiger partial charge in [-0.3, -0.25) is 0 Å². The molecular weight excluding hydrogens is 367 g/mol. The first kappa shape index (κ1) is 18.1. The molecule has 0 bridgehead atoms. The van der Waals surface area contributed by atoms with E-state index < -0.39 is 11.8 Å². The van der Waals surface area contributed by atoms with Gasteiger partial charge in [0.05, 0.1) is 17.4 Å². The van der Waals surface area contributed by atoms with E-state index in [1.54, 1.807) is 4.68 Å². The average molecular weight is 383 g/mol. The standard InChI is InChI=1S/C21H16F3N3O/c22-21(23,24)20(28,15-5-4-6-17(25)12-15)16-9-10-19-14(11-16)13-26-27(19)18-7-2-1-3-8-18/h1-13,28H,25H2/t20-/m1/s1. The van der Waals surface area contributed by atoms with E-state index in [-0.39, 0.29) is 16.8 Å². The zero-order valence-electron chi connectivity index (χ0n) is 14.6. The molecule has 28 heavy (non-hydrogen) atoms. The molecule has 0 unspecified atom stereocenters. The fourth-order valence-electron chi connectivity index (χ4n) is 3.29. The van der Waals surface area contributed by atoms with Crippen LogP contribution in [0, 0.1) is 0 Å². The molecule has 0 amide bonds. The van der Waals surface area contributed by atoms with Gasteiger partial charge in [0.1, 0.15) is 0 Å². The van der Waals surface area contributed by atoms with Crippen LogP contribution in [0.1, 0.15) is 11.1 Å². The highest BCUT2D eigenvalue weighted by Crippen LogP contribution is 2.45. The Balaban J connectivity index is 1.89. The summed E-state index contributed by atoms with van der Waals surface area (Å²) in [6, 6.07) is 18.5. The predicted octanol–water partition coefficient (Wildman–Crippen LogP) is 4.41. The number of fused-ring (bicyclic) bond motifs is 1. The molecule has 0 saturated heterocycles. The second kappa shape index (κ2) is 6.38. The molecule has 0 fully saturated rings. The van der Waals surface area contributed by atoms with E-state index in [9.17, 15) is 18.3 Å². The van der Waals surface area contributed by atoms with Crippen LogP contribution < -0.4 is 5.73 Å². The van der Waals surface area contributed by atoms with Gasteiger partial charge in [-0.25, -0.2) is 4.68 Å². The number of para-hydroxylation sites is 1. The summed E-state index contributed by atoms with van der Waals surface area (Å²) in [4.78, 5) is 0. The second-order valence-corrected chi connectivity index (χ2v) is 6.50. The van der Waals surface area contributed by atoms with Crippen LogP contribution >= 0.6 is 0 Å². The minimum Gasteiger partial charge on any atom is -0.399 e. The fraction of sp³-hybridized carbons (Fsp3) is 0.0952. The lowest BCUT2D eigenvalue weighted by Gasteiger charge is -2.31. The first-order chi connectivity index (χ1) is 13.3. The van der Waals surface area contributed by atoms with Crippen LogP contribution in [-0.2, 0) is 5.60 Å². The molecule has 0 radical (unpaired) electrons. The SMILES string of the molecule is Nc1cccc([C@@](O)(c2ccc3c(cnn3-c3ccccc3)c2)C(F)(F)F)c1. The van der Waals surface area contributed by atoms with Gasteiger partial charge in [0.2, 0.25) is 5.60 Å². The van der Waals surface area contributed by atoms with Crippen molar-refractivity contribution in [3.05, 3.63) is 90.1 Å². The number of hydrogen-bond donors (Lipinski definition) is 2. The van der Waals surface area contributed by atoms with Gasteiger partial charge < -0.3 is 10.8 Å². The Morgan fingerprint density at radius 1 is 0.857 bits per heavy atom. The maximum absolute atomic E-state index is 14.0. The first-order valence-corrected chi connectivity index (χ1v) is 8.49. The average Bonchev–Trinajstić information content (AvgIpc) is 3.10. The molecule has 3 aromatic carbocycles. The van der Waals surface area contributed by atoms with Gasteiger partial charge in [-0.1, -0.05) is 36.4 Å². The van der Waals surface area contributed by atoms with Crippen molar-refractivity contribution in [1.82, 2.24) is 9.78 Å². The van der Waals surface area contributed by atoms with Gasteiger partial charge in [-0.15, -0.1) is 0 Å². The summed E-state index contributed by atoms with van der Waals surface area (Å²) >= 11 is 0. The molecule has 0 aliphatic heterocycles. The van der Waals surface area contributed by atoms with E-state index >= 15 is 0 Å². The molecular formula is C21H16F3N3O. The lowest BCUT2D eigenvalue weighted by Crippen LogP contribution is -2.43. The number of rotatable bonds is 3. The van der Waals surface area contributed by atoms with Crippen molar-refractivity contribution < 1.29 is 18.3 Å². The Hall–Kier alpha value is -3.32. The number of halogens is 3. The smallest absolute Gasteiger partial charge is 0.399 e. The molecule has 0 aliphatic rings. The molecule has 142 valence electrons. The van der Waals surface area contributed by atoms with Crippen molar-refractivity contribution in [3.63, 3.8) is 0 Å². The lowest BCUT2D eigenvalue weighted by atomic mass is 9.85. The van der Waals surface area contributed by atoms with Gasteiger partial charge in [-0.2, -0.15) is 18.3 Å². The second-order valence-electron chi connectivity index (χ2n) is 6.50. The number of aromatic nitrogens is 2. The Labute approximate surface area is 158 Å². The number of anilines is 1. The molecule has 4 rings (SSSR count). The fourth-order valence-corrected chi connectivity index (χ4v) is 3.29. The van der Waals surface area contributed by atoms with Crippen molar-refractivity contribution in [3.8, 4) is 5.69 Å². The van der Waals surface area contributed by atoms with E-state index in [0.717, 1.165) is 11.8 Å². The summed E-state index contributed by atoms with van der Waals surface area (Å²) in [5, 5.41) is 15.5. The molecule has 3 N–H and O–H groups in total. The quantitative estimate of drug-likeness (QED) is 0.515. The molecule has 1 aromatic heterocycles. The van der Waals surface area contributed by atoms with Gasteiger partial charge in [0.15, 0.2) is 0 Å². The van der Waals surface area contributed by atoms with Crippen LogP contribution in [0.3, 0.4) is 0 Å². The number of alkyl halides is 3. The van der Waals surface area contributed by atoms with Gasteiger partial charge in [0, 0.05) is 11.1 Å². The minimum absolute atomic E-state index is 0.137. The first-order valence-electron chi connectivity index (χ1n) is 8.49. The number of aliphatic hydroxyl groups is 1. The maximum Gasteiger partial charge on any atom is 0.425 e. The molecule has 0 aliphatic carbocycles. The number of nitrogens with two attached hydrogens (primary N) is 1. The van der Waals surface area contributed by atoms with Gasteiger partial charge >= 0.3 is 6.18 Å². The summed E-state index contributed by atoms with van der Waals surface area (Å²) in [5.41, 5.74) is 3.37. The van der Waals surface area contributed by atoms with Crippen molar-refractivity contribution in [2.45, 2.75) is 11.8 Å². The minimum atomic E-state index is -4.94. The lowest BCUT2D eigenvalue weighted by molar-refractivity contribution is -0.248. The maximum atomic E-state index is 14.0. The number of benzene rings is 3.